The molecule has 0 bridgehead atoms. The molecule has 1 aromatic carbocycles. The van der Waals surface area contributed by atoms with Crippen LogP contribution in [-0.2, 0) is 4.79 Å². The highest BCUT2D eigenvalue weighted by Crippen LogP contribution is 2.33. The third kappa shape index (κ3) is 4.95. The number of benzene rings is 1. The van der Waals surface area contributed by atoms with Gasteiger partial charge in [0.05, 0.1) is 9.88 Å². The topological polar surface area (TPSA) is 87.3 Å². The van der Waals surface area contributed by atoms with E-state index >= 15 is 0 Å². The summed E-state index contributed by atoms with van der Waals surface area (Å²) in [5.41, 5.74) is 1.97. The summed E-state index contributed by atoms with van der Waals surface area (Å²) in [4.78, 5) is 36.9. The van der Waals surface area contributed by atoms with Gasteiger partial charge in [0.1, 0.15) is 0 Å². The Morgan fingerprint density at radius 2 is 1.70 bits per heavy atom. The largest absolute Gasteiger partial charge is 0.350 e. The lowest BCUT2D eigenvalue weighted by atomic mass is 10.2. The van der Waals surface area contributed by atoms with E-state index in [0.29, 0.717) is 21.1 Å². The molecule has 0 unspecified atom stereocenters. The van der Waals surface area contributed by atoms with Crippen molar-refractivity contribution in [3.63, 3.8) is 0 Å². The number of anilines is 2. The van der Waals surface area contributed by atoms with E-state index in [-0.39, 0.29) is 29.7 Å². The van der Waals surface area contributed by atoms with Crippen LogP contribution in [-0.4, -0.2) is 23.8 Å². The van der Waals surface area contributed by atoms with Gasteiger partial charge >= 0.3 is 0 Å². The minimum absolute atomic E-state index is 0.0264. The van der Waals surface area contributed by atoms with Gasteiger partial charge in [-0.1, -0.05) is 0 Å². The fourth-order valence-corrected chi connectivity index (χ4v) is 3.55. The SMILES string of the molecule is Cc1cc(NC(=O)C2CC2)sc1C(=O)Nc1ccc(C(=O)NC(C)C)cc1. The molecule has 0 aliphatic heterocycles. The van der Waals surface area contributed by atoms with Crippen molar-refractivity contribution in [3.8, 4) is 0 Å². The third-order valence-electron chi connectivity index (χ3n) is 4.14. The first-order valence-corrected chi connectivity index (χ1v) is 9.78. The molecule has 0 spiro atoms. The monoisotopic (exact) mass is 385 g/mol. The Labute approximate surface area is 162 Å². The normalized spacial score (nSPS) is 13.3. The van der Waals surface area contributed by atoms with Crippen molar-refractivity contribution in [1.82, 2.24) is 5.32 Å². The lowest BCUT2D eigenvalue weighted by Gasteiger charge is -2.09. The standard InChI is InChI=1S/C20H23N3O3S/c1-11(2)21-18(24)14-6-8-15(9-7-14)22-20(26)17-12(3)10-16(27-17)23-19(25)13-4-5-13/h6-11,13H,4-5H2,1-3H3,(H,21,24)(H,22,26)(H,23,25). The average Bonchev–Trinajstić information content (AvgIpc) is 3.39. The molecule has 1 heterocycles. The van der Waals surface area contributed by atoms with E-state index in [1.807, 2.05) is 26.8 Å². The number of carbonyl (C=O) groups excluding carboxylic acids is 3. The summed E-state index contributed by atoms with van der Waals surface area (Å²) >= 11 is 1.27. The van der Waals surface area contributed by atoms with Gasteiger partial charge < -0.3 is 16.0 Å². The number of amides is 3. The van der Waals surface area contributed by atoms with Crippen molar-refractivity contribution in [1.29, 1.82) is 0 Å². The van der Waals surface area contributed by atoms with E-state index in [0.717, 1.165) is 18.4 Å². The van der Waals surface area contributed by atoms with Crippen LogP contribution in [0, 0.1) is 12.8 Å². The van der Waals surface area contributed by atoms with Gasteiger partial charge in [-0.2, -0.15) is 0 Å². The number of thiophene rings is 1. The molecule has 142 valence electrons. The third-order valence-corrected chi connectivity index (χ3v) is 5.29. The number of aryl methyl sites for hydroxylation is 1. The van der Waals surface area contributed by atoms with Crippen LogP contribution in [0.1, 0.15) is 52.3 Å². The average molecular weight is 385 g/mol. The fourth-order valence-electron chi connectivity index (χ4n) is 2.58. The second kappa shape index (κ2) is 7.92. The van der Waals surface area contributed by atoms with Crippen LogP contribution in [0.3, 0.4) is 0 Å². The zero-order valence-corrected chi connectivity index (χ0v) is 16.4. The van der Waals surface area contributed by atoms with Gasteiger partial charge in [-0.25, -0.2) is 0 Å². The minimum atomic E-state index is -0.233. The fraction of sp³-hybridized carbons (Fsp3) is 0.350. The van der Waals surface area contributed by atoms with Crippen molar-refractivity contribution >= 4 is 39.7 Å². The van der Waals surface area contributed by atoms with Crippen LogP contribution < -0.4 is 16.0 Å². The second-order valence-corrected chi connectivity index (χ2v) is 8.10. The maximum Gasteiger partial charge on any atom is 0.266 e. The van der Waals surface area contributed by atoms with E-state index in [2.05, 4.69) is 16.0 Å². The summed E-state index contributed by atoms with van der Waals surface area (Å²) in [5.74, 6) is -0.230. The second-order valence-electron chi connectivity index (χ2n) is 7.05. The van der Waals surface area contributed by atoms with E-state index in [4.69, 9.17) is 0 Å². The number of rotatable bonds is 6. The highest BCUT2D eigenvalue weighted by Gasteiger charge is 2.30. The predicted octanol–water partition coefficient (Wildman–Crippen LogP) is 3.80. The van der Waals surface area contributed by atoms with Gasteiger partial charge in [0.25, 0.3) is 11.8 Å². The Kier molecular flexibility index (Phi) is 5.60. The number of carbonyl (C=O) groups is 3. The zero-order chi connectivity index (χ0) is 19.6. The molecule has 1 aliphatic carbocycles. The van der Waals surface area contributed by atoms with E-state index in [9.17, 15) is 14.4 Å². The maximum atomic E-state index is 12.6. The molecule has 1 fully saturated rings. The molecular formula is C20H23N3O3S. The highest BCUT2D eigenvalue weighted by molar-refractivity contribution is 7.18. The molecule has 6 nitrogen and oxygen atoms in total. The van der Waals surface area contributed by atoms with Crippen LogP contribution in [0.15, 0.2) is 30.3 Å². The van der Waals surface area contributed by atoms with Crippen molar-refractivity contribution in [2.24, 2.45) is 5.92 Å². The lowest BCUT2D eigenvalue weighted by molar-refractivity contribution is -0.117. The summed E-state index contributed by atoms with van der Waals surface area (Å²) < 4.78 is 0. The molecule has 27 heavy (non-hydrogen) atoms. The van der Waals surface area contributed by atoms with Crippen LogP contribution >= 0.6 is 11.3 Å². The summed E-state index contributed by atoms with van der Waals surface area (Å²) in [6, 6.07) is 8.64. The molecule has 1 saturated carbocycles. The Balaban J connectivity index is 1.63. The minimum Gasteiger partial charge on any atom is -0.350 e. The first-order chi connectivity index (χ1) is 12.8. The van der Waals surface area contributed by atoms with Crippen molar-refractivity contribution in [2.75, 3.05) is 10.6 Å². The van der Waals surface area contributed by atoms with Gasteiger partial charge in [-0.3, -0.25) is 14.4 Å². The molecule has 2 aromatic rings. The van der Waals surface area contributed by atoms with Crippen molar-refractivity contribution in [2.45, 2.75) is 39.7 Å². The molecule has 0 saturated heterocycles. The van der Waals surface area contributed by atoms with Gasteiger partial charge in [0.15, 0.2) is 0 Å². The lowest BCUT2D eigenvalue weighted by Crippen LogP contribution is -2.30. The molecule has 7 heteroatoms. The number of hydrogen-bond donors (Lipinski definition) is 3. The van der Waals surface area contributed by atoms with Crippen molar-refractivity contribution in [3.05, 3.63) is 46.3 Å². The van der Waals surface area contributed by atoms with Crippen LogP contribution in [0.5, 0.6) is 0 Å². The molecule has 3 amide bonds. The smallest absolute Gasteiger partial charge is 0.266 e. The number of nitrogens with one attached hydrogen (secondary N) is 3. The maximum absolute atomic E-state index is 12.6. The predicted molar refractivity (Wildman–Crippen MR) is 107 cm³/mol. The van der Waals surface area contributed by atoms with E-state index in [1.165, 1.54) is 11.3 Å². The van der Waals surface area contributed by atoms with Crippen LogP contribution in [0.4, 0.5) is 10.7 Å². The first kappa shape index (κ1) is 19.1. The molecule has 0 atom stereocenters. The quantitative estimate of drug-likeness (QED) is 0.707. The Morgan fingerprint density at radius 3 is 2.30 bits per heavy atom. The molecule has 1 aromatic heterocycles. The van der Waals surface area contributed by atoms with Gasteiger partial charge in [0.2, 0.25) is 5.91 Å². The van der Waals surface area contributed by atoms with Gasteiger partial charge in [-0.05, 0) is 69.5 Å². The molecule has 3 N–H and O–H groups in total. The Hall–Kier alpha value is -2.67. The summed E-state index contributed by atoms with van der Waals surface area (Å²) in [6.45, 7) is 5.64. The van der Waals surface area contributed by atoms with Crippen molar-refractivity contribution < 1.29 is 14.4 Å². The van der Waals surface area contributed by atoms with E-state index in [1.54, 1.807) is 24.3 Å². The van der Waals surface area contributed by atoms with Crippen LogP contribution in [0.25, 0.3) is 0 Å². The summed E-state index contributed by atoms with van der Waals surface area (Å²) in [5, 5.41) is 9.22. The number of hydrogen-bond acceptors (Lipinski definition) is 4. The van der Waals surface area contributed by atoms with Gasteiger partial charge in [0, 0.05) is 23.2 Å². The first-order valence-electron chi connectivity index (χ1n) is 8.97. The zero-order valence-electron chi connectivity index (χ0n) is 15.6. The molecular weight excluding hydrogens is 362 g/mol. The van der Waals surface area contributed by atoms with Crippen LogP contribution in [0.2, 0.25) is 0 Å². The highest BCUT2D eigenvalue weighted by atomic mass is 32.1. The molecule has 3 rings (SSSR count). The summed E-state index contributed by atoms with van der Waals surface area (Å²) in [6.07, 6.45) is 1.88. The molecule has 1 aliphatic rings. The van der Waals surface area contributed by atoms with E-state index < -0.39 is 0 Å². The summed E-state index contributed by atoms with van der Waals surface area (Å²) in [7, 11) is 0. The van der Waals surface area contributed by atoms with Gasteiger partial charge in [-0.15, -0.1) is 11.3 Å². The Bertz CT molecular complexity index is 867. The molecule has 0 radical (unpaired) electrons. The Morgan fingerprint density at radius 1 is 1.04 bits per heavy atom.